The van der Waals surface area contributed by atoms with Gasteiger partial charge in [0.25, 0.3) is 5.91 Å². The first kappa shape index (κ1) is 27.5. The fourth-order valence-corrected chi connectivity index (χ4v) is 5.54. The van der Waals surface area contributed by atoms with E-state index in [2.05, 4.69) is 34.4 Å². The molecular weight excluding hydrogens is 536 g/mol. The molecule has 4 heterocycles. The van der Waals surface area contributed by atoms with Crippen molar-refractivity contribution in [2.75, 3.05) is 18.0 Å². The van der Waals surface area contributed by atoms with E-state index in [1.54, 1.807) is 12.3 Å². The molecule has 4 aromatic rings. The number of rotatable bonds is 7. The van der Waals surface area contributed by atoms with Gasteiger partial charge >= 0.3 is 5.76 Å². The van der Waals surface area contributed by atoms with Crippen LogP contribution < -0.4 is 15.5 Å². The maximum absolute atomic E-state index is 13.0. The molecule has 3 aromatic heterocycles. The Labute approximate surface area is 231 Å². The average molecular weight is 566 g/mol. The van der Waals surface area contributed by atoms with Crippen LogP contribution in [0, 0.1) is 4.78 Å². The zero-order valence-electron chi connectivity index (χ0n) is 22.0. The van der Waals surface area contributed by atoms with Crippen molar-refractivity contribution in [3.63, 3.8) is 0 Å². The summed E-state index contributed by atoms with van der Waals surface area (Å²) in [7, 11) is -4.31. The second kappa shape index (κ2) is 11.2. The van der Waals surface area contributed by atoms with E-state index in [4.69, 9.17) is 14.7 Å². The van der Waals surface area contributed by atoms with Crippen molar-refractivity contribution >= 4 is 32.4 Å². The third kappa shape index (κ3) is 5.92. The lowest BCUT2D eigenvalue weighted by molar-refractivity contribution is 0.0950. The van der Waals surface area contributed by atoms with Gasteiger partial charge in [-0.25, -0.2) is 19.0 Å². The number of pyridine rings is 3. The molecule has 9 nitrogen and oxygen atoms in total. The van der Waals surface area contributed by atoms with E-state index in [9.17, 15) is 17.8 Å². The predicted octanol–water partition coefficient (Wildman–Crippen LogP) is 4.44. The van der Waals surface area contributed by atoms with Crippen molar-refractivity contribution in [1.82, 2.24) is 25.6 Å². The van der Waals surface area contributed by atoms with E-state index in [0.717, 1.165) is 42.1 Å². The molecule has 0 saturated carbocycles. The highest BCUT2D eigenvalue weighted by Crippen LogP contribution is 2.24. The van der Waals surface area contributed by atoms with Gasteiger partial charge in [-0.2, -0.15) is 8.78 Å². The van der Waals surface area contributed by atoms with Gasteiger partial charge in [0.15, 0.2) is 0 Å². The van der Waals surface area contributed by atoms with Crippen LogP contribution in [-0.2, 0) is 16.3 Å². The van der Waals surface area contributed by atoms with E-state index in [0.29, 0.717) is 29.0 Å². The number of carbonyl (C=O) groups excluding carboxylic acids is 1. The molecule has 0 radical (unpaired) electrons. The number of alkyl halides is 2. The fraction of sp³-hybridized carbons (Fsp3) is 0.286. The molecule has 0 aliphatic carbocycles. The summed E-state index contributed by atoms with van der Waals surface area (Å²) in [6.45, 7) is 6.11. The smallest absolute Gasteiger partial charge is 0.323 e. The molecule has 1 fully saturated rings. The molecule has 3 N–H and O–H groups in total. The van der Waals surface area contributed by atoms with E-state index >= 15 is 0 Å². The van der Waals surface area contributed by atoms with Gasteiger partial charge in [0, 0.05) is 42.3 Å². The van der Waals surface area contributed by atoms with Crippen molar-refractivity contribution in [3.05, 3.63) is 78.1 Å². The van der Waals surface area contributed by atoms with Gasteiger partial charge < -0.3 is 15.5 Å². The maximum atomic E-state index is 13.0. The number of nitrogens with zero attached hydrogens (tertiary/aromatic N) is 4. The molecule has 3 atom stereocenters. The van der Waals surface area contributed by atoms with Crippen molar-refractivity contribution in [3.8, 4) is 11.4 Å². The van der Waals surface area contributed by atoms with Crippen LogP contribution in [-0.4, -0.2) is 56.0 Å². The third-order valence-electron chi connectivity index (χ3n) is 6.64. The number of halogens is 2. The summed E-state index contributed by atoms with van der Waals surface area (Å²) >= 11 is 0. The fourth-order valence-electron chi connectivity index (χ4n) is 4.75. The molecule has 0 spiro atoms. The number of aromatic nitrogens is 3. The summed E-state index contributed by atoms with van der Waals surface area (Å²) in [5, 5.41) is 7.04. The van der Waals surface area contributed by atoms with E-state index in [-0.39, 0.29) is 12.1 Å². The van der Waals surface area contributed by atoms with Gasteiger partial charge in [-0.15, -0.1) is 0 Å². The zero-order valence-corrected chi connectivity index (χ0v) is 22.8. The Bertz CT molecular complexity index is 1660. The van der Waals surface area contributed by atoms with Crippen LogP contribution in [0.5, 0.6) is 0 Å². The lowest BCUT2D eigenvalue weighted by Crippen LogP contribution is -2.54. The predicted molar refractivity (Wildman–Crippen MR) is 150 cm³/mol. The van der Waals surface area contributed by atoms with Gasteiger partial charge in [-0.05, 0) is 62.4 Å². The van der Waals surface area contributed by atoms with E-state index in [1.165, 1.54) is 12.1 Å². The highest BCUT2D eigenvalue weighted by Gasteiger charge is 2.24. The first-order valence-electron chi connectivity index (χ1n) is 12.8. The van der Waals surface area contributed by atoms with Crippen LogP contribution in [0.2, 0.25) is 0 Å². The molecule has 0 bridgehead atoms. The number of benzene rings is 1. The average Bonchev–Trinajstić information content (AvgIpc) is 2.95. The Morgan fingerprint density at radius 3 is 2.55 bits per heavy atom. The lowest BCUT2D eigenvalue weighted by Gasteiger charge is -2.37. The zero-order chi connectivity index (χ0) is 28.4. The minimum absolute atomic E-state index is 0.0264. The molecule has 1 aromatic carbocycles. The van der Waals surface area contributed by atoms with Crippen LogP contribution in [0.15, 0.2) is 71.8 Å². The largest absolute Gasteiger partial charge is 0.353 e. The standard InChI is InChI=1S/C28H29F2N7O2S/c1-17-15-37(16-18(2)34-17)26-8-4-7-23(36-26)24-10-9-20-13-32-21(12-25(20)35-24)14-33-27(38)19-5-3-6-22(11-19)40(31,39)28(29)30/h3-13,17-18,28,31,34H,14-16H2,1-2H3,(H,33,38)/t17-,18+,40-/m0/s1. The van der Waals surface area contributed by atoms with Crippen molar-refractivity contribution in [2.24, 2.45) is 0 Å². The molecule has 1 aliphatic heterocycles. The number of anilines is 1. The Balaban J connectivity index is 1.33. The highest BCUT2D eigenvalue weighted by molar-refractivity contribution is 7.92. The molecule has 12 heteroatoms. The molecular formula is C28H29F2N7O2S. The lowest BCUT2D eigenvalue weighted by atomic mass is 10.1. The van der Waals surface area contributed by atoms with Gasteiger partial charge in [-0.1, -0.05) is 12.1 Å². The van der Waals surface area contributed by atoms with Crippen LogP contribution in [0.25, 0.3) is 22.3 Å². The maximum Gasteiger partial charge on any atom is 0.323 e. The number of hydrogen-bond donors (Lipinski definition) is 3. The Hall–Kier alpha value is -4.03. The Morgan fingerprint density at radius 2 is 1.80 bits per heavy atom. The number of carbonyl (C=O) groups is 1. The van der Waals surface area contributed by atoms with Crippen LogP contribution in [0.4, 0.5) is 14.6 Å². The Morgan fingerprint density at radius 1 is 1.07 bits per heavy atom. The van der Waals surface area contributed by atoms with Gasteiger partial charge in [0.05, 0.1) is 34.0 Å². The van der Waals surface area contributed by atoms with E-state index < -0.39 is 26.3 Å². The summed E-state index contributed by atoms with van der Waals surface area (Å²) in [6, 6.07) is 17.2. The molecule has 1 saturated heterocycles. The normalized spacial score (nSPS) is 19.0. The number of piperazine rings is 1. The summed E-state index contributed by atoms with van der Waals surface area (Å²) in [5.41, 5.74) is 2.71. The molecule has 1 aliphatic rings. The molecule has 208 valence electrons. The second-order valence-electron chi connectivity index (χ2n) is 9.89. The first-order valence-corrected chi connectivity index (χ1v) is 14.4. The minimum atomic E-state index is -4.31. The number of nitrogens with one attached hydrogen (secondary N) is 3. The highest BCUT2D eigenvalue weighted by atomic mass is 32.2. The quantitative estimate of drug-likeness (QED) is 0.303. The first-order chi connectivity index (χ1) is 19.1. The van der Waals surface area contributed by atoms with Crippen LogP contribution in [0.3, 0.4) is 0 Å². The number of hydrogen-bond acceptors (Lipinski definition) is 8. The summed E-state index contributed by atoms with van der Waals surface area (Å²) in [6.07, 6.45) is 1.67. The summed E-state index contributed by atoms with van der Waals surface area (Å²) < 4.78 is 45.5. The van der Waals surface area contributed by atoms with Crippen molar-refractivity contribution < 1.29 is 17.8 Å². The van der Waals surface area contributed by atoms with E-state index in [1.807, 2.05) is 30.3 Å². The second-order valence-corrected chi connectivity index (χ2v) is 11.9. The minimum Gasteiger partial charge on any atom is -0.353 e. The SMILES string of the molecule is C[C@@H]1CN(c2cccc(-c3ccc4cnc(CNC(=O)c5cccc([S@](=N)(=O)C(F)F)c5)cc4n3)n2)C[C@H](C)N1. The topological polar surface area (TPSA) is 124 Å². The monoisotopic (exact) mass is 565 g/mol. The van der Waals surface area contributed by atoms with Gasteiger partial charge in [-0.3, -0.25) is 9.78 Å². The molecule has 0 unspecified atom stereocenters. The van der Waals surface area contributed by atoms with Gasteiger partial charge in [0.2, 0.25) is 0 Å². The van der Waals surface area contributed by atoms with Gasteiger partial charge in [0.1, 0.15) is 15.5 Å². The van der Waals surface area contributed by atoms with Crippen molar-refractivity contribution in [2.45, 2.75) is 43.1 Å². The van der Waals surface area contributed by atoms with Crippen molar-refractivity contribution in [1.29, 1.82) is 4.78 Å². The summed E-state index contributed by atoms with van der Waals surface area (Å²) in [4.78, 5) is 28.6. The van der Waals surface area contributed by atoms with Crippen LogP contribution >= 0.6 is 0 Å². The summed E-state index contributed by atoms with van der Waals surface area (Å²) in [5.74, 6) is -3.01. The number of amides is 1. The van der Waals surface area contributed by atoms with Crippen LogP contribution in [0.1, 0.15) is 29.9 Å². The Kier molecular flexibility index (Phi) is 7.72. The third-order valence-corrected chi connectivity index (χ3v) is 8.09. The number of fused-ring (bicyclic) bond motifs is 1. The molecule has 40 heavy (non-hydrogen) atoms. The molecule has 1 amide bonds. The molecule has 5 rings (SSSR count).